The highest BCUT2D eigenvalue weighted by Gasteiger charge is 2.21. The number of para-hydroxylation sites is 1. The molecule has 0 fully saturated rings. The normalized spacial score (nSPS) is 15.2. The summed E-state index contributed by atoms with van der Waals surface area (Å²) >= 11 is 0. The summed E-state index contributed by atoms with van der Waals surface area (Å²) in [5.41, 5.74) is 6.77. The number of carbonyl (C=O) groups is 1. The number of aromatic nitrogens is 2. The van der Waals surface area contributed by atoms with Crippen LogP contribution in [0.5, 0.6) is 5.75 Å². The molecule has 2 heterocycles. The third-order valence-electron chi connectivity index (χ3n) is 6.85. The van der Waals surface area contributed by atoms with Crippen molar-refractivity contribution in [3.8, 4) is 16.9 Å². The van der Waals surface area contributed by atoms with Crippen molar-refractivity contribution in [1.29, 1.82) is 0 Å². The zero-order chi connectivity index (χ0) is 28.4. The van der Waals surface area contributed by atoms with Crippen molar-refractivity contribution in [3.63, 3.8) is 0 Å². The van der Waals surface area contributed by atoms with E-state index in [4.69, 9.17) is 19.5 Å². The maximum absolute atomic E-state index is 12.3. The van der Waals surface area contributed by atoms with Gasteiger partial charge < -0.3 is 19.4 Å². The molecule has 5 rings (SSSR count). The van der Waals surface area contributed by atoms with Gasteiger partial charge in [-0.1, -0.05) is 49.4 Å². The van der Waals surface area contributed by atoms with Crippen LogP contribution < -0.4 is 10.1 Å². The monoisotopic (exact) mass is 538 g/mol. The van der Waals surface area contributed by atoms with Gasteiger partial charge >= 0.3 is 6.16 Å². The van der Waals surface area contributed by atoms with Crippen molar-refractivity contribution in [2.45, 2.75) is 72.6 Å². The Morgan fingerprint density at radius 2 is 1.82 bits per heavy atom. The smallest absolute Gasteiger partial charge is 0.428 e. The number of hydrogen-bond acceptors (Lipinski definition) is 6. The SMILES string of the molecule is CCCc1nc2c(C)cc(C3=NCC(C)N3)cc2n1Cc1ccc(-c2ccccc2OC(=O)OC(C)(C)C)cc1. The molecule has 208 valence electrons. The number of amidine groups is 1. The number of carbonyl (C=O) groups excluding carboxylic acids is 1. The largest absolute Gasteiger partial charge is 0.514 e. The minimum atomic E-state index is -0.713. The first-order chi connectivity index (χ1) is 19.1. The molecule has 7 nitrogen and oxygen atoms in total. The van der Waals surface area contributed by atoms with Crippen LogP contribution in [0.2, 0.25) is 0 Å². The van der Waals surface area contributed by atoms with Crippen molar-refractivity contribution < 1.29 is 14.3 Å². The van der Waals surface area contributed by atoms with E-state index in [-0.39, 0.29) is 0 Å². The zero-order valence-electron chi connectivity index (χ0n) is 24.2. The van der Waals surface area contributed by atoms with Gasteiger partial charge in [-0.05, 0) is 75.9 Å². The third kappa shape index (κ3) is 6.03. The predicted molar refractivity (Wildman–Crippen MR) is 160 cm³/mol. The first-order valence-electron chi connectivity index (χ1n) is 14.0. The van der Waals surface area contributed by atoms with Crippen molar-refractivity contribution in [2.75, 3.05) is 6.54 Å². The third-order valence-corrected chi connectivity index (χ3v) is 6.85. The fraction of sp³-hybridized carbons (Fsp3) is 0.364. The van der Waals surface area contributed by atoms with Gasteiger partial charge in [-0.3, -0.25) is 4.99 Å². The highest BCUT2D eigenvalue weighted by molar-refractivity contribution is 6.03. The number of nitrogens with zero attached hydrogens (tertiary/aromatic N) is 3. The van der Waals surface area contributed by atoms with Crippen LogP contribution in [0, 0.1) is 6.92 Å². The summed E-state index contributed by atoms with van der Waals surface area (Å²) in [6.07, 6.45) is 1.22. The van der Waals surface area contributed by atoms with Gasteiger partial charge in [0.2, 0.25) is 0 Å². The van der Waals surface area contributed by atoms with Gasteiger partial charge in [0.25, 0.3) is 0 Å². The quantitative estimate of drug-likeness (QED) is 0.201. The molecule has 1 aliphatic heterocycles. The van der Waals surface area contributed by atoms with Crippen molar-refractivity contribution in [3.05, 3.63) is 83.2 Å². The lowest BCUT2D eigenvalue weighted by atomic mass is 10.0. The summed E-state index contributed by atoms with van der Waals surface area (Å²) in [4.78, 5) is 22.1. The Hall–Kier alpha value is -4.13. The standard InChI is InChI=1S/C33H38N4O3/c1-7-10-29-36-30-21(2)17-25(31-34-19-22(3)35-31)18-27(30)37(29)20-23-13-15-24(16-14-23)26-11-8-9-12-28(26)39-32(38)40-33(4,5)6/h8-9,11-18,22H,7,10,19-20H2,1-6H3,(H,34,35). The summed E-state index contributed by atoms with van der Waals surface area (Å²) in [5.74, 6) is 2.52. The molecular formula is C33H38N4O3. The lowest BCUT2D eigenvalue weighted by Crippen LogP contribution is -2.27. The second kappa shape index (κ2) is 11.2. The van der Waals surface area contributed by atoms with Crippen molar-refractivity contribution in [1.82, 2.24) is 14.9 Å². The van der Waals surface area contributed by atoms with Crippen LogP contribution in [0.1, 0.15) is 63.6 Å². The molecule has 0 saturated heterocycles. The first kappa shape index (κ1) is 27.4. The average molecular weight is 539 g/mol. The number of aryl methyl sites for hydroxylation is 2. The summed E-state index contributed by atoms with van der Waals surface area (Å²) in [7, 11) is 0. The van der Waals surface area contributed by atoms with Gasteiger partial charge in [0.15, 0.2) is 0 Å². The van der Waals surface area contributed by atoms with Crippen LogP contribution in [0.25, 0.3) is 22.2 Å². The molecule has 4 aromatic rings. The van der Waals surface area contributed by atoms with Gasteiger partial charge in [0.1, 0.15) is 23.0 Å². The minimum absolute atomic E-state index is 0.352. The number of benzene rings is 3. The van der Waals surface area contributed by atoms with E-state index < -0.39 is 11.8 Å². The molecule has 1 N–H and O–H groups in total. The maximum Gasteiger partial charge on any atom is 0.514 e. The van der Waals surface area contributed by atoms with Gasteiger partial charge in [-0.25, -0.2) is 9.78 Å². The van der Waals surface area contributed by atoms with E-state index >= 15 is 0 Å². The number of imidazole rings is 1. The van der Waals surface area contributed by atoms with E-state index in [1.807, 2.05) is 39.0 Å². The van der Waals surface area contributed by atoms with Crippen LogP contribution in [0.15, 0.2) is 65.7 Å². The Kier molecular flexibility index (Phi) is 7.66. The number of rotatable bonds is 7. The van der Waals surface area contributed by atoms with Gasteiger partial charge in [0.05, 0.1) is 17.6 Å². The molecular weight excluding hydrogens is 500 g/mol. The molecule has 3 aromatic carbocycles. The van der Waals surface area contributed by atoms with Crippen molar-refractivity contribution in [2.24, 2.45) is 4.99 Å². The topological polar surface area (TPSA) is 77.7 Å². The molecule has 0 amide bonds. The second-order valence-corrected chi connectivity index (χ2v) is 11.5. The van der Waals surface area contributed by atoms with Crippen LogP contribution in [-0.4, -0.2) is 39.7 Å². The molecule has 40 heavy (non-hydrogen) atoms. The predicted octanol–water partition coefficient (Wildman–Crippen LogP) is 7.06. The molecule has 0 saturated carbocycles. The van der Waals surface area contributed by atoms with Crippen LogP contribution in [0.4, 0.5) is 4.79 Å². The number of ether oxygens (including phenoxy) is 2. The van der Waals surface area contributed by atoms with E-state index in [1.54, 1.807) is 6.07 Å². The molecule has 0 aliphatic carbocycles. The Morgan fingerprint density at radius 1 is 1.07 bits per heavy atom. The van der Waals surface area contributed by atoms with E-state index in [1.165, 1.54) is 5.56 Å². The molecule has 0 radical (unpaired) electrons. The van der Waals surface area contributed by atoms with E-state index in [0.717, 1.165) is 64.3 Å². The second-order valence-electron chi connectivity index (χ2n) is 11.5. The highest BCUT2D eigenvalue weighted by Crippen LogP contribution is 2.31. The molecule has 7 heteroatoms. The zero-order valence-corrected chi connectivity index (χ0v) is 24.2. The molecule has 1 aromatic heterocycles. The van der Waals surface area contributed by atoms with Crippen LogP contribution in [0.3, 0.4) is 0 Å². The Balaban J connectivity index is 1.44. The maximum atomic E-state index is 12.3. The Bertz CT molecular complexity index is 1560. The van der Waals surface area contributed by atoms with Gasteiger partial charge in [-0.2, -0.15) is 0 Å². The minimum Gasteiger partial charge on any atom is -0.428 e. The summed E-state index contributed by atoms with van der Waals surface area (Å²) in [6, 6.07) is 20.7. The molecule has 1 aliphatic rings. The summed E-state index contributed by atoms with van der Waals surface area (Å²) in [5, 5.41) is 3.49. The van der Waals surface area contributed by atoms with Gasteiger partial charge in [-0.15, -0.1) is 0 Å². The molecule has 0 bridgehead atoms. The lowest BCUT2D eigenvalue weighted by molar-refractivity contribution is 0.0207. The lowest BCUT2D eigenvalue weighted by Gasteiger charge is -2.19. The average Bonchev–Trinajstić information content (AvgIpc) is 3.48. The Labute approximate surface area is 236 Å². The number of fused-ring (bicyclic) bond motifs is 1. The molecule has 1 unspecified atom stereocenters. The summed E-state index contributed by atoms with van der Waals surface area (Å²) in [6.45, 7) is 13.4. The molecule has 1 atom stereocenters. The van der Waals surface area contributed by atoms with E-state index in [2.05, 4.69) is 67.1 Å². The van der Waals surface area contributed by atoms with Crippen molar-refractivity contribution >= 4 is 23.0 Å². The summed E-state index contributed by atoms with van der Waals surface area (Å²) < 4.78 is 13.3. The fourth-order valence-corrected chi connectivity index (χ4v) is 5.02. The van der Waals surface area contributed by atoms with E-state index in [9.17, 15) is 4.79 Å². The van der Waals surface area contributed by atoms with Gasteiger partial charge in [0, 0.05) is 30.1 Å². The number of hydrogen-bond donors (Lipinski definition) is 1. The van der Waals surface area contributed by atoms with E-state index in [0.29, 0.717) is 18.3 Å². The Morgan fingerprint density at radius 3 is 2.50 bits per heavy atom. The molecule has 0 spiro atoms. The highest BCUT2D eigenvalue weighted by atomic mass is 16.7. The van der Waals surface area contributed by atoms with Crippen LogP contribution in [-0.2, 0) is 17.7 Å². The number of nitrogens with one attached hydrogen (secondary N) is 1. The van der Waals surface area contributed by atoms with Crippen LogP contribution >= 0.6 is 0 Å². The first-order valence-corrected chi connectivity index (χ1v) is 14.0. The fourth-order valence-electron chi connectivity index (χ4n) is 5.02. The number of aliphatic imine (C=N–C) groups is 1.